The number of rotatable bonds is 6. The van der Waals surface area contributed by atoms with Crippen LogP contribution in [0.3, 0.4) is 0 Å². The van der Waals surface area contributed by atoms with E-state index in [9.17, 15) is 0 Å². The third-order valence-electron chi connectivity index (χ3n) is 3.06. The Labute approximate surface area is 108 Å². The lowest BCUT2D eigenvalue weighted by Gasteiger charge is -2.12. The molecule has 96 valence electrons. The number of nitrogens with zero attached hydrogens (tertiary/aromatic N) is 3. The summed E-state index contributed by atoms with van der Waals surface area (Å²) in [5.41, 5.74) is 2.62. The van der Waals surface area contributed by atoms with Crippen LogP contribution in [0.4, 0.5) is 0 Å². The quantitative estimate of drug-likeness (QED) is 0.845. The molecule has 1 aromatic carbocycles. The van der Waals surface area contributed by atoms with Crippen LogP contribution in [0.1, 0.15) is 30.9 Å². The van der Waals surface area contributed by atoms with Crippen LogP contribution in [0.15, 0.2) is 36.9 Å². The zero-order valence-electron chi connectivity index (χ0n) is 11.0. The zero-order chi connectivity index (χ0) is 12.8. The molecule has 0 saturated carbocycles. The summed E-state index contributed by atoms with van der Waals surface area (Å²) in [6.07, 6.45) is 3.30. The molecule has 0 bridgehead atoms. The van der Waals surface area contributed by atoms with Crippen molar-refractivity contribution >= 4 is 0 Å². The molecule has 1 heterocycles. The predicted octanol–water partition coefficient (Wildman–Crippen LogP) is 2.04. The fraction of sp³-hybridized carbons (Fsp3) is 0.429. The molecule has 0 aliphatic carbocycles. The smallest absolute Gasteiger partial charge is 0.137 e. The predicted molar refractivity (Wildman–Crippen MR) is 72.5 cm³/mol. The van der Waals surface area contributed by atoms with Crippen molar-refractivity contribution in [2.24, 2.45) is 0 Å². The third kappa shape index (κ3) is 3.40. The Morgan fingerprint density at radius 3 is 2.67 bits per heavy atom. The largest absolute Gasteiger partial charge is 0.316 e. The topological polar surface area (TPSA) is 42.7 Å². The van der Waals surface area contributed by atoms with Crippen LogP contribution in [0.25, 0.3) is 0 Å². The number of hydrogen-bond acceptors (Lipinski definition) is 3. The molecule has 4 nitrogen and oxygen atoms in total. The fourth-order valence-electron chi connectivity index (χ4n) is 1.93. The van der Waals surface area contributed by atoms with Gasteiger partial charge >= 0.3 is 0 Å². The maximum Gasteiger partial charge on any atom is 0.137 e. The summed E-state index contributed by atoms with van der Waals surface area (Å²) < 4.78 is 1.83. The molecule has 1 atom stereocenters. The van der Waals surface area contributed by atoms with Crippen LogP contribution in [0.5, 0.6) is 0 Å². The second kappa shape index (κ2) is 6.31. The van der Waals surface area contributed by atoms with Crippen molar-refractivity contribution in [3.8, 4) is 0 Å². The minimum atomic E-state index is 0.547. The van der Waals surface area contributed by atoms with Gasteiger partial charge < -0.3 is 5.32 Å². The van der Waals surface area contributed by atoms with Crippen LogP contribution in [-0.4, -0.2) is 27.9 Å². The molecule has 2 rings (SSSR count). The average Bonchev–Trinajstić information content (AvgIpc) is 2.89. The highest BCUT2D eigenvalue weighted by Crippen LogP contribution is 2.15. The van der Waals surface area contributed by atoms with E-state index in [-0.39, 0.29) is 0 Å². The summed E-state index contributed by atoms with van der Waals surface area (Å²) in [5.74, 6) is 0.547. The highest BCUT2D eigenvalue weighted by Gasteiger charge is 2.04. The first-order valence-corrected chi connectivity index (χ1v) is 6.41. The zero-order valence-corrected chi connectivity index (χ0v) is 11.0. The van der Waals surface area contributed by atoms with Gasteiger partial charge in [-0.05, 0) is 23.6 Å². The molecule has 4 heteroatoms. The van der Waals surface area contributed by atoms with Crippen LogP contribution >= 0.6 is 0 Å². The number of nitrogens with one attached hydrogen (secondary N) is 1. The van der Waals surface area contributed by atoms with Crippen molar-refractivity contribution in [1.82, 2.24) is 20.1 Å². The molecule has 1 unspecified atom stereocenters. The first kappa shape index (κ1) is 12.8. The molecule has 0 aliphatic heterocycles. The summed E-state index contributed by atoms with van der Waals surface area (Å²) in [7, 11) is 0. The average molecular weight is 244 g/mol. The van der Waals surface area contributed by atoms with E-state index in [1.807, 2.05) is 4.68 Å². The lowest BCUT2D eigenvalue weighted by Crippen LogP contribution is -2.19. The van der Waals surface area contributed by atoms with E-state index >= 15 is 0 Å². The normalized spacial score (nSPS) is 12.6. The van der Waals surface area contributed by atoms with E-state index in [2.05, 4.69) is 53.5 Å². The summed E-state index contributed by atoms with van der Waals surface area (Å²) in [6, 6.07) is 8.74. The van der Waals surface area contributed by atoms with E-state index in [1.165, 1.54) is 11.1 Å². The third-order valence-corrected chi connectivity index (χ3v) is 3.06. The molecule has 0 aliphatic rings. The molecule has 1 N–H and O–H groups in total. The molecule has 0 spiro atoms. The minimum absolute atomic E-state index is 0.547. The number of hydrogen-bond donors (Lipinski definition) is 1. The number of aromatic nitrogens is 3. The fourth-order valence-corrected chi connectivity index (χ4v) is 1.93. The van der Waals surface area contributed by atoms with Crippen LogP contribution < -0.4 is 5.32 Å². The van der Waals surface area contributed by atoms with Gasteiger partial charge in [0, 0.05) is 6.54 Å². The molecule has 0 amide bonds. The maximum atomic E-state index is 4.11. The van der Waals surface area contributed by atoms with Gasteiger partial charge in [0.25, 0.3) is 0 Å². The molecule has 0 saturated heterocycles. The molecule has 18 heavy (non-hydrogen) atoms. The summed E-state index contributed by atoms with van der Waals surface area (Å²) in [6.45, 7) is 7.21. The first-order valence-electron chi connectivity index (χ1n) is 6.41. The van der Waals surface area contributed by atoms with Crippen molar-refractivity contribution in [2.75, 3.05) is 13.1 Å². The van der Waals surface area contributed by atoms with Gasteiger partial charge in [-0.15, -0.1) is 0 Å². The number of benzene rings is 1. The molecule has 1 aromatic heterocycles. The van der Waals surface area contributed by atoms with Gasteiger partial charge in [0.15, 0.2) is 0 Å². The Morgan fingerprint density at radius 2 is 2.06 bits per heavy atom. The number of likely N-dealkylation sites (N-methyl/N-ethyl adjacent to an activating group) is 1. The van der Waals surface area contributed by atoms with E-state index in [1.54, 1.807) is 12.7 Å². The second-order valence-electron chi connectivity index (χ2n) is 4.54. The SMILES string of the molecule is CCNCC(C)c1ccc(Cn2cncn2)cc1. The van der Waals surface area contributed by atoms with Crippen LogP contribution in [-0.2, 0) is 6.54 Å². The molecular weight excluding hydrogens is 224 g/mol. The molecular formula is C14H20N4. The van der Waals surface area contributed by atoms with Crippen molar-refractivity contribution in [3.05, 3.63) is 48.0 Å². The standard InChI is InChI=1S/C14H20N4/c1-3-15-8-12(2)14-6-4-13(5-7-14)9-18-11-16-10-17-18/h4-7,10-12,15H,3,8-9H2,1-2H3. The monoisotopic (exact) mass is 244 g/mol. The van der Waals surface area contributed by atoms with Gasteiger partial charge in [-0.1, -0.05) is 38.1 Å². The van der Waals surface area contributed by atoms with Gasteiger partial charge in [0.1, 0.15) is 12.7 Å². The van der Waals surface area contributed by atoms with Gasteiger partial charge in [-0.3, -0.25) is 0 Å². The summed E-state index contributed by atoms with van der Waals surface area (Å²) in [4.78, 5) is 3.94. The van der Waals surface area contributed by atoms with Crippen molar-refractivity contribution in [3.63, 3.8) is 0 Å². The van der Waals surface area contributed by atoms with Gasteiger partial charge in [0.2, 0.25) is 0 Å². The van der Waals surface area contributed by atoms with Gasteiger partial charge in [-0.2, -0.15) is 5.10 Å². The van der Waals surface area contributed by atoms with Crippen molar-refractivity contribution < 1.29 is 0 Å². The Morgan fingerprint density at radius 1 is 1.28 bits per heavy atom. The van der Waals surface area contributed by atoms with E-state index in [0.29, 0.717) is 5.92 Å². The molecule has 2 aromatic rings. The van der Waals surface area contributed by atoms with Gasteiger partial charge in [0.05, 0.1) is 6.54 Å². The Balaban J connectivity index is 1.96. The highest BCUT2D eigenvalue weighted by atomic mass is 15.3. The Kier molecular flexibility index (Phi) is 4.47. The van der Waals surface area contributed by atoms with E-state index in [4.69, 9.17) is 0 Å². The Bertz CT molecular complexity index is 447. The molecule has 0 fully saturated rings. The summed E-state index contributed by atoms with van der Waals surface area (Å²) in [5, 5.41) is 7.48. The van der Waals surface area contributed by atoms with E-state index in [0.717, 1.165) is 19.6 Å². The van der Waals surface area contributed by atoms with Crippen molar-refractivity contribution in [2.45, 2.75) is 26.3 Å². The summed E-state index contributed by atoms with van der Waals surface area (Å²) >= 11 is 0. The minimum Gasteiger partial charge on any atom is -0.316 e. The lowest BCUT2D eigenvalue weighted by molar-refractivity contribution is 0.634. The van der Waals surface area contributed by atoms with E-state index < -0.39 is 0 Å². The first-order chi connectivity index (χ1) is 8.79. The maximum absolute atomic E-state index is 4.11. The highest BCUT2D eigenvalue weighted by molar-refractivity contribution is 5.25. The molecule has 0 radical (unpaired) electrons. The Hall–Kier alpha value is -1.68. The van der Waals surface area contributed by atoms with Gasteiger partial charge in [-0.25, -0.2) is 9.67 Å². The van der Waals surface area contributed by atoms with Crippen LogP contribution in [0, 0.1) is 0 Å². The van der Waals surface area contributed by atoms with Crippen molar-refractivity contribution in [1.29, 1.82) is 0 Å². The second-order valence-corrected chi connectivity index (χ2v) is 4.54. The van der Waals surface area contributed by atoms with Crippen LogP contribution in [0.2, 0.25) is 0 Å². The lowest BCUT2D eigenvalue weighted by atomic mass is 10.00.